The number of hydrogen-bond acceptors (Lipinski definition) is 5. The van der Waals surface area contributed by atoms with Crippen molar-refractivity contribution in [2.24, 2.45) is 0 Å². The summed E-state index contributed by atoms with van der Waals surface area (Å²) in [4.78, 5) is 19.5. The van der Waals surface area contributed by atoms with Crippen LogP contribution in [-0.2, 0) is 6.18 Å². The van der Waals surface area contributed by atoms with Crippen LogP contribution in [0.15, 0.2) is 40.9 Å². The summed E-state index contributed by atoms with van der Waals surface area (Å²) >= 11 is 3.41. The summed E-state index contributed by atoms with van der Waals surface area (Å²) in [7, 11) is 0. The van der Waals surface area contributed by atoms with Crippen LogP contribution in [0.25, 0.3) is 10.9 Å². The summed E-state index contributed by atoms with van der Waals surface area (Å²) in [6.45, 7) is 1.64. The molecule has 2 aromatic carbocycles. The van der Waals surface area contributed by atoms with Gasteiger partial charge in [0.15, 0.2) is 0 Å². The molecule has 1 atom stereocenters. The molecule has 30 heavy (non-hydrogen) atoms. The van der Waals surface area contributed by atoms with Crippen LogP contribution in [0.5, 0.6) is 0 Å². The Hall–Kier alpha value is -2.75. The number of nitro groups is 1. The number of rotatable bonds is 5. The van der Waals surface area contributed by atoms with E-state index in [9.17, 15) is 23.3 Å². The summed E-state index contributed by atoms with van der Waals surface area (Å²) in [5, 5.41) is 15.0. The summed E-state index contributed by atoms with van der Waals surface area (Å²) in [5.74, 6) is 1.45. The van der Waals surface area contributed by atoms with Gasteiger partial charge in [-0.1, -0.05) is 15.9 Å². The molecule has 0 radical (unpaired) electrons. The first-order valence-corrected chi connectivity index (χ1v) is 10.0. The predicted octanol–water partition coefficient (Wildman–Crippen LogP) is 6.37. The van der Waals surface area contributed by atoms with Gasteiger partial charge in [0.05, 0.1) is 22.0 Å². The zero-order valence-corrected chi connectivity index (χ0v) is 17.3. The Kier molecular flexibility index (Phi) is 5.13. The van der Waals surface area contributed by atoms with E-state index in [1.165, 1.54) is 0 Å². The van der Waals surface area contributed by atoms with Gasteiger partial charge in [-0.15, -0.1) is 0 Å². The number of nitro benzene ring substituents is 1. The molecule has 1 aliphatic carbocycles. The molecule has 1 aromatic heterocycles. The monoisotopic (exact) mass is 480 g/mol. The summed E-state index contributed by atoms with van der Waals surface area (Å²) in [6, 6.07) is 7.48. The Morgan fingerprint density at radius 1 is 1.20 bits per heavy atom. The van der Waals surface area contributed by atoms with Gasteiger partial charge in [0, 0.05) is 27.9 Å². The second kappa shape index (κ2) is 7.50. The van der Waals surface area contributed by atoms with Crippen molar-refractivity contribution in [2.45, 2.75) is 37.9 Å². The van der Waals surface area contributed by atoms with Crippen molar-refractivity contribution < 1.29 is 18.1 Å². The number of halogens is 4. The fourth-order valence-electron chi connectivity index (χ4n) is 3.19. The van der Waals surface area contributed by atoms with E-state index < -0.39 is 28.4 Å². The van der Waals surface area contributed by atoms with Gasteiger partial charge in [-0.3, -0.25) is 10.1 Å². The Morgan fingerprint density at radius 3 is 2.57 bits per heavy atom. The number of aromatic nitrogens is 2. The van der Waals surface area contributed by atoms with Gasteiger partial charge in [-0.25, -0.2) is 9.97 Å². The van der Waals surface area contributed by atoms with Gasteiger partial charge in [0.2, 0.25) is 0 Å². The highest BCUT2D eigenvalue weighted by molar-refractivity contribution is 9.10. The number of non-ortho nitro benzene ring substituents is 1. The minimum Gasteiger partial charge on any atom is -0.363 e. The molecule has 3 aromatic rings. The first kappa shape index (κ1) is 20.5. The molecule has 10 heteroatoms. The average Bonchev–Trinajstić information content (AvgIpc) is 3.52. The molecule has 1 saturated carbocycles. The van der Waals surface area contributed by atoms with Gasteiger partial charge in [-0.2, -0.15) is 13.2 Å². The highest BCUT2D eigenvalue weighted by Crippen LogP contribution is 2.40. The van der Waals surface area contributed by atoms with E-state index in [0.717, 1.165) is 35.0 Å². The number of nitrogens with one attached hydrogen (secondary N) is 1. The van der Waals surface area contributed by atoms with E-state index in [1.807, 2.05) is 18.2 Å². The van der Waals surface area contributed by atoms with Gasteiger partial charge in [-0.05, 0) is 49.6 Å². The van der Waals surface area contributed by atoms with Crippen molar-refractivity contribution in [3.8, 4) is 0 Å². The SMILES string of the molecule is CC(Nc1nc(C2CC2)nc2ccc(Br)cc12)c1cc([N+](=O)[O-])cc(C(F)(F)F)c1. The van der Waals surface area contributed by atoms with Gasteiger partial charge in [0.25, 0.3) is 5.69 Å². The van der Waals surface area contributed by atoms with Crippen molar-refractivity contribution >= 4 is 38.3 Å². The lowest BCUT2D eigenvalue weighted by atomic mass is 10.0. The standard InChI is InChI=1S/C20H16BrF3N4O2/c1-10(12-6-13(20(22,23)24)8-15(7-12)28(29)30)25-19-16-9-14(21)4-5-17(16)26-18(27-19)11-2-3-11/h4-11H,2-3H2,1H3,(H,25,26,27). The van der Waals surface area contributed by atoms with E-state index in [1.54, 1.807) is 6.92 Å². The molecule has 1 N–H and O–H groups in total. The largest absolute Gasteiger partial charge is 0.416 e. The zero-order valence-electron chi connectivity index (χ0n) is 15.7. The molecular weight excluding hydrogens is 465 g/mol. The van der Waals surface area contributed by atoms with Crippen molar-refractivity contribution in [3.05, 3.63) is 67.9 Å². The van der Waals surface area contributed by atoms with Crippen LogP contribution in [0.4, 0.5) is 24.7 Å². The molecule has 1 heterocycles. The number of anilines is 1. The zero-order chi connectivity index (χ0) is 21.6. The average molecular weight is 481 g/mol. The topological polar surface area (TPSA) is 81.0 Å². The minimum atomic E-state index is -4.69. The normalized spacial score (nSPS) is 15.2. The van der Waals surface area contributed by atoms with Gasteiger partial charge in [0.1, 0.15) is 11.6 Å². The van der Waals surface area contributed by atoms with Gasteiger partial charge >= 0.3 is 6.18 Å². The lowest BCUT2D eigenvalue weighted by Crippen LogP contribution is -2.13. The third kappa shape index (κ3) is 4.23. The van der Waals surface area contributed by atoms with E-state index in [2.05, 4.69) is 31.2 Å². The molecule has 156 valence electrons. The second-order valence-corrected chi connectivity index (χ2v) is 8.22. The highest BCUT2D eigenvalue weighted by atomic mass is 79.9. The fourth-order valence-corrected chi connectivity index (χ4v) is 3.56. The predicted molar refractivity (Wildman–Crippen MR) is 109 cm³/mol. The van der Waals surface area contributed by atoms with Crippen molar-refractivity contribution in [1.29, 1.82) is 0 Å². The van der Waals surface area contributed by atoms with E-state index >= 15 is 0 Å². The lowest BCUT2D eigenvalue weighted by molar-refractivity contribution is -0.385. The Balaban J connectivity index is 1.76. The Morgan fingerprint density at radius 2 is 1.93 bits per heavy atom. The first-order valence-electron chi connectivity index (χ1n) is 9.22. The quantitative estimate of drug-likeness (QED) is 0.338. The number of nitrogens with zero attached hydrogens (tertiary/aromatic N) is 3. The van der Waals surface area contributed by atoms with Crippen LogP contribution in [0.2, 0.25) is 0 Å². The maximum Gasteiger partial charge on any atom is 0.416 e. The van der Waals surface area contributed by atoms with Crippen LogP contribution < -0.4 is 5.32 Å². The van der Waals surface area contributed by atoms with Crippen LogP contribution >= 0.6 is 15.9 Å². The maximum absolute atomic E-state index is 13.2. The van der Waals surface area contributed by atoms with Gasteiger partial charge < -0.3 is 5.32 Å². The maximum atomic E-state index is 13.2. The molecular formula is C20H16BrF3N4O2. The molecule has 4 rings (SSSR count). The fraction of sp³-hybridized carbons (Fsp3) is 0.300. The van der Waals surface area contributed by atoms with Crippen LogP contribution in [0.3, 0.4) is 0 Å². The molecule has 0 amide bonds. The Bertz CT molecular complexity index is 1150. The molecule has 0 saturated heterocycles. The third-order valence-corrected chi connectivity index (χ3v) is 5.44. The summed E-state index contributed by atoms with van der Waals surface area (Å²) in [6.07, 6.45) is -2.69. The number of fused-ring (bicyclic) bond motifs is 1. The molecule has 0 bridgehead atoms. The lowest BCUT2D eigenvalue weighted by Gasteiger charge is -2.18. The number of alkyl halides is 3. The highest BCUT2D eigenvalue weighted by Gasteiger charge is 2.33. The minimum absolute atomic E-state index is 0.145. The van der Waals surface area contributed by atoms with Crippen LogP contribution in [0.1, 0.15) is 48.7 Å². The van der Waals surface area contributed by atoms with E-state index in [4.69, 9.17) is 0 Å². The molecule has 1 fully saturated rings. The molecule has 6 nitrogen and oxygen atoms in total. The molecule has 1 unspecified atom stereocenters. The van der Waals surface area contributed by atoms with Crippen LogP contribution in [0, 0.1) is 10.1 Å². The second-order valence-electron chi connectivity index (χ2n) is 7.30. The van der Waals surface area contributed by atoms with E-state index in [0.29, 0.717) is 23.1 Å². The van der Waals surface area contributed by atoms with Crippen LogP contribution in [-0.4, -0.2) is 14.9 Å². The third-order valence-electron chi connectivity index (χ3n) is 4.95. The Labute approximate surface area is 177 Å². The molecule has 0 aliphatic heterocycles. The van der Waals surface area contributed by atoms with Crippen molar-refractivity contribution in [2.75, 3.05) is 5.32 Å². The van der Waals surface area contributed by atoms with Crippen molar-refractivity contribution in [3.63, 3.8) is 0 Å². The summed E-state index contributed by atoms with van der Waals surface area (Å²) in [5.41, 5.74) is -0.803. The molecule has 1 aliphatic rings. The number of benzene rings is 2. The molecule has 0 spiro atoms. The smallest absolute Gasteiger partial charge is 0.363 e. The first-order chi connectivity index (χ1) is 14.1. The van der Waals surface area contributed by atoms with Crippen molar-refractivity contribution in [1.82, 2.24) is 9.97 Å². The summed E-state index contributed by atoms with van der Waals surface area (Å²) < 4.78 is 40.5. The number of hydrogen-bond donors (Lipinski definition) is 1. The van der Waals surface area contributed by atoms with E-state index in [-0.39, 0.29) is 11.5 Å².